The summed E-state index contributed by atoms with van der Waals surface area (Å²) in [6.45, 7) is 2.23. The van der Waals surface area contributed by atoms with Gasteiger partial charge < -0.3 is 19.0 Å². The van der Waals surface area contributed by atoms with Gasteiger partial charge in [-0.25, -0.2) is 4.79 Å². The van der Waals surface area contributed by atoms with Crippen molar-refractivity contribution in [1.29, 1.82) is 0 Å². The maximum absolute atomic E-state index is 13.0. The largest absolute Gasteiger partial charge is 0.461 e. The highest BCUT2D eigenvalue weighted by Crippen LogP contribution is 2.44. The smallest absolute Gasteiger partial charge is 0.407 e. The molecule has 0 spiro atoms. The fraction of sp³-hybridized carbons (Fsp3) is 0.179. The van der Waals surface area contributed by atoms with E-state index < -0.39 is 28.1 Å². The summed E-state index contributed by atoms with van der Waals surface area (Å²) in [6, 6.07) is 38.3. The highest BCUT2D eigenvalue weighted by molar-refractivity contribution is 7.87. The summed E-state index contributed by atoms with van der Waals surface area (Å²) in [4.78, 5) is 26.0. The van der Waals surface area contributed by atoms with Gasteiger partial charge in [-0.1, -0.05) is 109 Å². The zero-order chi connectivity index (χ0) is 33.5. The minimum absolute atomic E-state index is 0.0294. The van der Waals surface area contributed by atoms with Crippen LogP contribution >= 0.6 is 0 Å². The van der Waals surface area contributed by atoms with Crippen molar-refractivity contribution in [2.45, 2.75) is 36.7 Å². The van der Waals surface area contributed by atoms with E-state index in [9.17, 15) is 18.0 Å². The Morgan fingerprint density at radius 2 is 1.33 bits per heavy atom. The van der Waals surface area contributed by atoms with Crippen molar-refractivity contribution in [3.63, 3.8) is 0 Å². The molecule has 0 saturated carbocycles. The number of ether oxygens (including phenoxy) is 2. The molecule has 0 radical (unpaired) electrons. The first-order valence-electron chi connectivity index (χ1n) is 15.7. The molecular weight excluding hydrogens is 626 g/mol. The van der Waals surface area contributed by atoms with E-state index in [1.807, 2.05) is 61.5 Å². The normalized spacial score (nSPS) is 12.8. The van der Waals surface area contributed by atoms with Gasteiger partial charge in [0, 0.05) is 18.4 Å². The summed E-state index contributed by atoms with van der Waals surface area (Å²) >= 11 is 0. The van der Waals surface area contributed by atoms with Crippen LogP contribution in [-0.2, 0) is 31.0 Å². The molecule has 6 rings (SSSR count). The first kappa shape index (κ1) is 32.5. The lowest BCUT2D eigenvalue weighted by molar-refractivity contribution is -0.145. The van der Waals surface area contributed by atoms with Crippen molar-refractivity contribution in [1.82, 2.24) is 5.32 Å². The van der Waals surface area contributed by atoms with Crippen LogP contribution in [0.3, 0.4) is 0 Å². The molecule has 0 fully saturated rings. The van der Waals surface area contributed by atoms with Gasteiger partial charge in [-0.15, -0.1) is 0 Å². The number of aryl methyl sites for hydroxylation is 1. The number of carbonyl (C=O) groups is 2. The van der Waals surface area contributed by atoms with Gasteiger partial charge in [0.1, 0.15) is 23.9 Å². The topological polar surface area (TPSA) is 108 Å². The molecule has 0 saturated heterocycles. The number of hydrogen-bond acceptors (Lipinski definition) is 7. The Labute approximate surface area is 280 Å². The molecule has 1 aliphatic rings. The number of benzene rings is 5. The second-order valence-corrected chi connectivity index (χ2v) is 13.2. The van der Waals surface area contributed by atoms with Crippen LogP contribution in [0.25, 0.3) is 11.1 Å². The van der Waals surface area contributed by atoms with Crippen molar-refractivity contribution in [3.05, 3.63) is 155 Å². The Kier molecular flexibility index (Phi) is 9.87. The van der Waals surface area contributed by atoms with E-state index in [1.54, 1.807) is 24.3 Å². The first-order chi connectivity index (χ1) is 23.3. The molecule has 1 unspecified atom stereocenters. The van der Waals surface area contributed by atoms with E-state index in [4.69, 9.17) is 13.7 Å². The lowest BCUT2D eigenvalue weighted by Crippen LogP contribution is -2.31. The Bertz CT molecular complexity index is 1950. The van der Waals surface area contributed by atoms with Crippen LogP contribution in [0.15, 0.2) is 132 Å². The lowest BCUT2D eigenvalue weighted by atomic mass is 9.95. The van der Waals surface area contributed by atoms with Gasteiger partial charge in [0.25, 0.3) is 0 Å². The molecule has 1 aliphatic carbocycles. The molecule has 9 heteroatoms. The van der Waals surface area contributed by atoms with Crippen molar-refractivity contribution < 1.29 is 31.7 Å². The number of hydrogen-bond donors (Lipinski definition) is 1. The zero-order valence-electron chi connectivity index (χ0n) is 26.4. The van der Waals surface area contributed by atoms with Crippen LogP contribution in [0.2, 0.25) is 0 Å². The zero-order valence-corrected chi connectivity index (χ0v) is 27.2. The van der Waals surface area contributed by atoms with Crippen molar-refractivity contribution in [2.24, 2.45) is 0 Å². The van der Waals surface area contributed by atoms with Crippen LogP contribution in [0, 0.1) is 6.92 Å². The molecule has 1 N–H and O–H groups in total. The Balaban J connectivity index is 1.12. The van der Waals surface area contributed by atoms with Crippen molar-refractivity contribution >= 4 is 22.2 Å². The second kappa shape index (κ2) is 14.6. The number of nitrogens with one attached hydrogen (secondary N) is 1. The maximum Gasteiger partial charge on any atom is 0.407 e. The van der Waals surface area contributed by atoms with Gasteiger partial charge in [0.2, 0.25) is 0 Å². The Hall–Kier alpha value is -5.41. The summed E-state index contributed by atoms with van der Waals surface area (Å²) < 4.78 is 42.2. The molecule has 0 bridgehead atoms. The monoisotopic (exact) mass is 661 g/mol. The van der Waals surface area contributed by atoms with Gasteiger partial charge >= 0.3 is 22.2 Å². The van der Waals surface area contributed by atoms with Gasteiger partial charge in [-0.05, 0) is 64.6 Å². The molecule has 0 aromatic heterocycles. The van der Waals surface area contributed by atoms with Gasteiger partial charge in [0.15, 0.2) is 0 Å². The average Bonchev–Trinajstić information content (AvgIpc) is 3.42. The van der Waals surface area contributed by atoms with Gasteiger partial charge in [-0.2, -0.15) is 8.42 Å². The third-order valence-electron chi connectivity index (χ3n) is 8.36. The van der Waals surface area contributed by atoms with E-state index in [-0.39, 0.29) is 42.7 Å². The van der Waals surface area contributed by atoms with Crippen LogP contribution < -0.4 is 9.50 Å². The van der Waals surface area contributed by atoms with E-state index in [1.165, 1.54) is 24.3 Å². The average molecular weight is 662 g/mol. The summed E-state index contributed by atoms with van der Waals surface area (Å²) in [5, 5.41) is 2.82. The molecule has 1 atom stereocenters. The number of esters is 1. The van der Waals surface area contributed by atoms with E-state index in [2.05, 4.69) is 29.6 Å². The Morgan fingerprint density at radius 3 is 1.98 bits per heavy atom. The number of alkyl carbamates (subject to hydrolysis) is 1. The number of rotatable bonds is 12. The number of fused-ring (bicyclic) bond motifs is 3. The van der Waals surface area contributed by atoms with Crippen LogP contribution in [0.1, 0.15) is 46.1 Å². The highest BCUT2D eigenvalue weighted by Gasteiger charge is 2.29. The van der Waals surface area contributed by atoms with Crippen LogP contribution in [-0.4, -0.2) is 33.6 Å². The summed E-state index contributed by atoms with van der Waals surface area (Å²) in [7, 11) is -4.04. The fourth-order valence-electron chi connectivity index (χ4n) is 5.84. The predicted octanol–water partition coefficient (Wildman–Crippen LogP) is 7.52. The molecule has 48 heavy (non-hydrogen) atoms. The molecule has 1 amide bonds. The summed E-state index contributed by atoms with van der Waals surface area (Å²) in [5.74, 6) is -0.901. The fourth-order valence-corrected chi connectivity index (χ4v) is 6.77. The SMILES string of the molecule is Cc1ccc(S(=O)(=O)Oc2ccc(C(CNC(=O)OCC3c4ccccc4-c4ccccc43)CC(=O)OCc3ccccc3)cc2)cc1. The van der Waals surface area contributed by atoms with E-state index in [0.717, 1.165) is 33.4 Å². The van der Waals surface area contributed by atoms with Gasteiger partial charge in [0.05, 0.1) is 6.42 Å². The van der Waals surface area contributed by atoms with Crippen LogP contribution in [0.5, 0.6) is 5.75 Å². The standard InChI is InChI=1S/C39H35NO7S/c1-27-15-21-32(22-16-27)48(43,44)47-31-19-17-29(18-20-31)30(23-38(41)45-25-28-9-3-2-4-10-28)24-40-39(42)46-26-37-35-13-7-5-11-33(35)34-12-6-8-14-36(34)37/h2-22,30,37H,23-26H2,1H3,(H,40,42). The summed E-state index contributed by atoms with van der Waals surface area (Å²) in [6.07, 6.45) is -0.637. The Morgan fingerprint density at radius 1 is 0.729 bits per heavy atom. The third-order valence-corrected chi connectivity index (χ3v) is 9.62. The van der Waals surface area contributed by atoms with Crippen molar-refractivity contribution in [3.8, 4) is 16.9 Å². The highest BCUT2D eigenvalue weighted by atomic mass is 32.2. The van der Waals surface area contributed by atoms with Crippen LogP contribution in [0.4, 0.5) is 4.79 Å². The van der Waals surface area contributed by atoms with Crippen molar-refractivity contribution in [2.75, 3.05) is 13.2 Å². The number of carbonyl (C=O) groups excluding carboxylic acids is 2. The minimum atomic E-state index is -4.04. The molecule has 244 valence electrons. The molecule has 5 aromatic rings. The molecule has 0 aliphatic heterocycles. The molecular formula is C39H35NO7S. The molecule has 0 heterocycles. The minimum Gasteiger partial charge on any atom is -0.461 e. The first-order valence-corrected chi connectivity index (χ1v) is 17.1. The second-order valence-electron chi connectivity index (χ2n) is 11.7. The molecule has 5 aromatic carbocycles. The molecule has 8 nitrogen and oxygen atoms in total. The van der Waals surface area contributed by atoms with E-state index >= 15 is 0 Å². The lowest BCUT2D eigenvalue weighted by Gasteiger charge is -2.19. The third kappa shape index (κ3) is 7.75. The van der Waals surface area contributed by atoms with E-state index in [0.29, 0.717) is 5.56 Å². The summed E-state index contributed by atoms with van der Waals surface area (Å²) in [5.41, 5.74) is 6.96. The predicted molar refractivity (Wildman–Crippen MR) is 182 cm³/mol. The quantitative estimate of drug-likeness (QED) is 0.109. The number of amides is 1. The van der Waals surface area contributed by atoms with Gasteiger partial charge in [-0.3, -0.25) is 4.79 Å². The maximum atomic E-state index is 13.0.